The topological polar surface area (TPSA) is 109 Å². The van der Waals surface area contributed by atoms with Gasteiger partial charge in [-0.3, -0.25) is 10.1 Å². The first kappa shape index (κ1) is 14.8. The molecule has 0 aromatic carbocycles. The van der Waals surface area contributed by atoms with Gasteiger partial charge >= 0.3 is 13.6 Å². The van der Waals surface area contributed by atoms with Gasteiger partial charge in [0.05, 0.1) is 6.54 Å². The van der Waals surface area contributed by atoms with Crippen LogP contribution < -0.4 is 11.1 Å². The first-order valence-electron chi connectivity index (χ1n) is 3.66. The minimum absolute atomic E-state index is 0.276. The van der Waals surface area contributed by atoms with Crippen molar-refractivity contribution in [1.29, 1.82) is 0 Å². The van der Waals surface area contributed by atoms with Gasteiger partial charge in [0.15, 0.2) is 0 Å². The Morgan fingerprint density at radius 2 is 1.92 bits per heavy atom. The molecule has 0 heterocycles. The number of nitrogens with two attached hydrogens (primary N) is 1. The lowest BCUT2D eigenvalue weighted by molar-refractivity contribution is -0.135. The predicted molar refractivity (Wildman–Crippen MR) is 48.1 cm³/mol. The minimum atomic E-state index is -2.51. The highest BCUT2D eigenvalue weighted by molar-refractivity contribution is 7.30. The fourth-order valence-corrected chi connectivity index (χ4v) is 0.548. The molecule has 6 nitrogen and oxygen atoms in total. The van der Waals surface area contributed by atoms with Crippen molar-refractivity contribution in [2.75, 3.05) is 12.8 Å². The van der Waals surface area contributed by atoms with Crippen LogP contribution in [-0.4, -0.2) is 29.9 Å². The molecule has 7 heteroatoms. The van der Waals surface area contributed by atoms with E-state index in [2.05, 4.69) is 5.32 Å². The largest absolute Gasteiger partial charge is 0.480 e. The van der Waals surface area contributed by atoms with Crippen molar-refractivity contribution in [1.82, 2.24) is 5.32 Å². The summed E-state index contributed by atoms with van der Waals surface area (Å²) in [6.45, 7) is 3.57. The molecular formula is C6H15N2O4P. The number of hydrogen-bond acceptors (Lipinski definition) is 5. The van der Waals surface area contributed by atoms with Crippen molar-refractivity contribution in [3.63, 3.8) is 0 Å². The molecule has 0 saturated heterocycles. The van der Waals surface area contributed by atoms with Crippen LogP contribution in [0, 0.1) is 0 Å². The van der Waals surface area contributed by atoms with Gasteiger partial charge in [0.25, 0.3) is 0 Å². The van der Waals surface area contributed by atoms with Gasteiger partial charge in [-0.25, -0.2) is 9.13 Å². The molecule has 0 rings (SSSR count). The Kier molecular flexibility index (Phi) is 10.7. The third kappa shape index (κ3) is 34.8. The molecule has 0 aromatic heterocycles. The van der Waals surface area contributed by atoms with Crippen molar-refractivity contribution < 1.29 is 19.0 Å². The van der Waals surface area contributed by atoms with Crippen LogP contribution in [0.1, 0.15) is 13.8 Å². The molecule has 0 unspecified atom stereocenters. The third-order valence-corrected chi connectivity index (χ3v) is 0.999. The third-order valence-electron chi connectivity index (χ3n) is 0.517. The predicted octanol–water partition coefficient (Wildman–Crippen LogP) is 0.145. The van der Waals surface area contributed by atoms with E-state index in [1.54, 1.807) is 0 Å². The van der Waals surface area contributed by atoms with E-state index in [1.165, 1.54) is 0 Å². The van der Waals surface area contributed by atoms with Gasteiger partial charge < -0.3 is 10.8 Å². The monoisotopic (exact) mass is 210 g/mol. The molecule has 0 fully saturated rings. The Labute approximate surface area is 77.3 Å². The van der Waals surface area contributed by atoms with E-state index in [0.29, 0.717) is 6.04 Å². The molecule has 4 N–H and O–H groups in total. The lowest BCUT2D eigenvalue weighted by atomic mass is 10.5. The Morgan fingerprint density at radius 3 is 2.15 bits per heavy atom. The highest BCUT2D eigenvalue weighted by Gasteiger charge is 1.95. The molecule has 0 aliphatic heterocycles. The Bertz CT molecular complexity index is 192. The zero-order chi connectivity index (χ0) is 10.9. The van der Waals surface area contributed by atoms with Crippen LogP contribution in [0.5, 0.6) is 0 Å². The highest BCUT2D eigenvalue weighted by atomic mass is 31.1. The molecule has 13 heavy (non-hydrogen) atoms. The van der Waals surface area contributed by atoms with Gasteiger partial charge in [0.2, 0.25) is 0 Å². The lowest BCUT2D eigenvalue weighted by Crippen LogP contribution is -2.20. The number of aliphatic carboxylic acids is 1. The van der Waals surface area contributed by atoms with E-state index in [1.807, 2.05) is 13.8 Å². The van der Waals surface area contributed by atoms with E-state index < -0.39 is 13.6 Å². The summed E-state index contributed by atoms with van der Waals surface area (Å²) in [6.07, 6.45) is -0.276. The molecule has 0 aliphatic rings. The lowest BCUT2D eigenvalue weighted by Gasteiger charge is -1.89. The van der Waals surface area contributed by atoms with Crippen molar-refractivity contribution in [3.8, 4) is 0 Å². The molecule has 0 bridgehead atoms. The number of carboxylic acids is 1. The Morgan fingerprint density at radius 1 is 1.54 bits per heavy atom. The Hall–Kier alpha value is -0.710. The molecule has 0 radical (unpaired) electrons. The summed E-state index contributed by atoms with van der Waals surface area (Å²) in [6, 6.07) is 0.333. The van der Waals surface area contributed by atoms with E-state index in [9.17, 15) is 13.9 Å². The number of nitrogens with one attached hydrogen (secondary N) is 1. The van der Waals surface area contributed by atoms with E-state index in [-0.39, 0.29) is 12.8 Å². The second-order valence-corrected chi connectivity index (χ2v) is 3.54. The van der Waals surface area contributed by atoms with Crippen molar-refractivity contribution in [3.05, 3.63) is 0 Å². The second-order valence-electron chi connectivity index (χ2n) is 2.56. The maximum Gasteiger partial charge on any atom is 0.329 e. The van der Waals surface area contributed by atoms with Crippen LogP contribution in [0.2, 0.25) is 0 Å². The van der Waals surface area contributed by atoms with Crippen molar-refractivity contribution in [2.24, 2.45) is 5.73 Å². The first-order valence-corrected chi connectivity index (χ1v) is 5.02. The normalized spacial score (nSPS) is 8.92. The Balaban J connectivity index is 0. The fourth-order valence-electron chi connectivity index (χ4n) is 0.254. The second kappa shape index (κ2) is 9.38. The zero-order valence-electron chi connectivity index (χ0n) is 7.69. The van der Waals surface area contributed by atoms with Crippen LogP contribution in [0.15, 0.2) is 0 Å². The summed E-state index contributed by atoms with van der Waals surface area (Å²) in [5, 5.41) is 10.2. The summed E-state index contributed by atoms with van der Waals surface area (Å²) < 4.78 is 19.5. The molecule has 0 atom stereocenters. The summed E-state index contributed by atoms with van der Waals surface area (Å²) in [7, 11) is -2.51. The maximum atomic E-state index is 9.76. The molecule has 0 saturated carbocycles. The quantitative estimate of drug-likeness (QED) is 0.569. The number of hydrogen-bond donors (Lipinski definition) is 3. The molecule has 0 amide bonds. The number of carbonyl (C=O) groups is 1. The molecule has 0 aromatic rings. The van der Waals surface area contributed by atoms with E-state index >= 15 is 0 Å². The van der Waals surface area contributed by atoms with Crippen LogP contribution in [-0.2, 0) is 13.9 Å². The average molecular weight is 210 g/mol. The summed E-state index contributed by atoms with van der Waals surface area (Å²) in [5.41, 5.74) is 5.11. The van der Waals surface area contributed by atoms with Gasteiger partial charge in [-0.2, -0.15) is 0 Å². The van der Waals surface area contributed by atoms with Gasteiger partial charge in [0, 0.05) is 0 Å². The maximum absolute atomic E-state index is 9.76. The summed E-state index contributed by atoms with van der Waals surface area (Å²) in [4.78, 5) is 9.72. The van der Waals surface area contributed by atoms with Crippen molar-refractivity contribution in [2.45, 2.75) is 19.9 Å². The SMILES string of the molecule is CC(C)N.O=C(O)CNCP(=O)=O. The van der Waals surface area contributed by atoms with Crippen molar-refractivity contribution >= 4 is 13.6 Å². The standard InChI is InChI=1S/C3H6NO4P.C3H9N/c5-3(6)1-4-2-9(7)8;1-3(2)4/h4H,1-2H2,(H,5,6);3H,4H2,1-2H3. The molecular weight excluding hydrogens is 195 g/mol. The van der Waals surface area contributed by atoms with Gasteiger partial charge in [-0.05, 0) is 6.04 Å². The first-order chi connectivity index (χ1) is 5.86. The number of carboxylic acid groups (broad SMARTS) is 1. The highest BCUT2D eigenvalue weighted by Crippen LogP contribution is 1.95. The van der Waals surface area contributed by atoms with Gasteiger partial charge in [-0.15, -0.1) is 0 Å². The van der Waals surface area contributed by atoms with Crippen LogP contribution in [0.25, 0.3) is 0 Å². The summed E-state index contributed by atoms with van der Waals surface area (Å²) >= 11 is 0. The van der Waals surface area contributed by atoms with Gasteiger partial charge in [-0.1, -0.05) is 13.8 Å². The smallest absolute Gasteiger partial charge is 0.329 e. The van der Waals surface area contributed by atoms with E-state index in [4.69, 9.17) is 10.8 Å². The minimum Gasteiger partial charge on any atom is -0.480 e. The van der Waals surface area contributed by atoms with Crippen LogP contribution in [0.3, 0.4) is 0 Å². The molecule has 0 spiro atoms. The van der Waals surface area contributed by atoms with Gasteiger partial charge in [0.1, 0.15) is 6.29 Å². The zero-order valence-corrected chi connectivity index (χ0v) is 8.58. The molecule has 0 aliphatic carbocycles. The van der Waals surface area contributed by atoms with Crippen LogP contribution >= 0.6 is 7.68 Å². The summed E-state index contributed by atoms with van der Waals surface area (Å²) in [5.74, 6) is -1.06. The number of rotatable bonds is 4. The average Bonchev–Trinajstić information content (AvgIpc) is 1.83. The van der Waals surface area contributed by atoms with Crippen LogP contribution in [0.4, 0.5) is 0 Å². The fraction of sp³-hybridized carbons (Fsp3) is 0.833. The van der Waals surface area contributed by atoms with E-state index in [0.717, 1.165) is 0 Å². The molecule has 78 valence electrons.